The molecule has 0 aliphatic carbocycles. The van der Waals surface area contributed by atoms with Gasteiger partial charge < -0.3 is 0 Å². The van der Waals surface area contributed by atoms with Crippen molar-refractivity contribution in [2.24, 2.45) is 5.41 Å². The Balaban J connectivity index is 3.10. The van der Waals surface area contributed by atoms with Gasteiger partial charge in [-0.3, -0.25) is 19.8 Å². The Bertz CT molecular complexity index is 430. The molecule has 8 heteroatoms. The molecule has 0 bridgehead atoms. The van der Waals surface area contributed by atoms with Gasteiger partial charge in [0.05, 0.1) is 6.42 Å². The first kappa shape index (κ1) is 16.5. The lowest BCUT2D eigenvalue weighted by molar-refractivity contribution is -0.160. The number of halogens is 3. The second-order valence-electron chi connectivity index (χ2n) is 4.89. The monoisotopic (exact) mass is 294 g/mol. The van der Waals surface area contributed by atoms with Gasteiger partial charge in [-0.05, 0) is 19.8 Å². The second kappa shape index (κ2) is 5.41. The van der Waals surface area contributed by atoms with E-state index in [2.05, 4.69) is 0 Å². The summed E-state index contributed by atoms with van der Waals surface area (Å²) in [7, 11) is 0. The van der Waals surface area contributed by atoms with Crippen LogP contribution in [-0.2, 0) is 9.59 Å². The average Bonchev–Trinajstić information content (AvgIpc) is 2.27. The van der Waals surface area contributed by atoms with Crippen LogP contribution in [0.4, 0.5) is 18.0 Å². The van der Waals surface area contributed by atoms with Crippen LogP contribution in [0.25, 0.3) is 0 Å². The number of carbonyl (C=O) groups excluding carboxylic acids is 3. The van der Waals surface area contributed by atoms with Crippen LogP contribution in [0.1, 0.15) is 40.0 Å². The summed E-state index contributed by atoms with van der Waals surface area (Å²) in [6.45, 7) is 4.31. The second-order valence-corrected chi connectivity index (χ2v) is 4.89. The van der Waals surface area contributed by atoms with Crippen LogP contribution in [0.2, 0.25) is 0 Å². The highest BCUT2D eigenvalue weighted by atomic mass is 19.4. The number of barbiturate groups is 1. The zero-order valence-electron chi connectivity index (χ0n) is 11.5. The maximum absolute atomic E-state index is 12.4. The normalized spacial score (nSPS) is 20.9. The summed E-state index contributed by atoms with van der Waals surface area (Å²) in [6.07, 6.45) is -5.56. The molecule has 4 amide bonds. The minimum atomic E-state index is -4.50. The van der Waals surface area contributed by atoms with Crippen molar-refractivity contribution >= 4 is 17.8 Å². The number of hydrogen-bond donors (Lipinski definition) is 1. The van der Waals surface area contributed by atoms with Gasteiger partial charge in [-0.2, -0.15) is 13.2 Å². The van der Waals surface area contributed by atoms with E-state index in [-0.39, 0.29) is 12.8 Å². The standard InChI is InChI=1S/C12H17F3N2O3/c1-4-11(5-2)8(18)16-10(20)17(9(11)19)7(3)6-12(13,14)15/h7H,4-6H2,1-3H3,(H,16,18,20). The Labute approximate surface area is 114 Å². The van der Waals surface area contributed by atoms with E-state index in [1.807, 2.05) is 5.32 Å². The van der Waals surface area contributed by atoms with Crippen molar-refractivity contribution in [3.05, 3.63) is 0 Å². The molecular weight excluding hydrogens is 277 g/mol. The van der Waals surface area contributed by atoms with Crippen LogP contribution in [0, 0.1) is 5.41 Å². The van der Waals surface area contributed by atoms with E-state index in [0.29, 0.717) is 4.90 Å². The van der Waals surface area contributed by atoms with Crippen molar-refractivity contribution in [3.63, 3.8) is 0 Å². The van der Waals surface area contributed by atoms with Gasteiger partial charge in [0, 0.05) is 6.04 Å². The molecule has 20 heavy (non-hydrogen) atoms. The molecule has 1 fully saturated rings. The number of amides is 4. The summed E-state index contributed by atoms with van der Waals surface area (Å²) in [5.74, 6) is -1.60. The SMILES string of the molecule is CCC1(CC)C(=O)NC(=O)N(C(C)CC(F)(F)F)C1=O. The third-order valence-corrected chi connectivity index (χ3v) is 3.68. The number of alkyl halides is 3. The van der Waals surface area contributed by atoms with Gasteiger partial charge in [0.1, 0.15) is 5.41 Å². The number of urea groups is 1. The van der Waals surface area contributed by atoms with Crippen molar-refractivity contribution in [1.29, 1.82) is 0 Å². The number of imide groups is 2. The largest absolute Gasteiger partial charge is 0.391 e. The molecule has 0 aromatic heterocycles. The summed E-state index contributed by atoms with van der Waals surface area (Å²) >= 11 is 0. The Morgan fingerprint density at radius 1 is 1.20 bits per heavy atom. The Kier molecular flexibility index (Phi) is 4.45. The fourth-order valence-corrected chi connectivity index (χ4v) is 2.40. The van der Waals surface area contributed by atoms with Crippen LogP contribution in [0.3, 0.4) is 0 Å². The van der Waals surface area contributed by atoms with E-state index in [1.54, 1.807) is 13.8 Å². The van der Waals surface area contributed by atoms with Gasteiger partial charge in [0.2, 0.25) is 11.8 Å². The highest BCUT2D eigenvalue weighted by Crippen LogP contribution is 2.35. The molecule has 0 saturated carbocycles. The molecule has 1 aliphatic rings. The molecule has 0 radical (unpaired) electrons. The van der Waals surface area contributed by atoms with E-state index in [4.69, 9.17) is 0 Å². The van der Waals surface area contributed by atoms with E-state index >= 15 is 0 Å². The number of hydrogen-bond acceptors (Lipinski definition) is 3. The lowest BCUT2D eigenvalue weighted by Crippen LogP contribution is -2.65. The number of carbonyl (C=O) groups is 3. The van der Waals surface area contributed by atoms with E-state index in [0.717, 1.165) is 6.92 Å². The topological polar surface area (TPSA) is 66.5 Å². The Morgan fingerprint density at radius 3 is 2.10 bits per heavy atom. The van der Waals surface area contributed by atoms with Gasteiger partial charge in [-0.15, -0.1) is 0 Å². The zero-order valence-corrected chi connectivity index (χ0v) is 11.5. The van der Waals surface area contributed by atoms with Gasteiger partial charge >= 0.3 is 12.2 Å². The minimum Gasteiger partial charge on any atom is -0.277 e. The van der Waals surface area contributed by atoms with Crippen molar-refractivity contribution in [2.75, 3.05) is 0 Å². The maximum atomic E-state index is 12.4. The molecule has 1 rings (SSSR count). The van der Waals surface area contributed by atoms with Gasteiger partial charge in [-0.25, -0.2) is 4.79 Å². The summed E-state index contributed by atoms with van der Waals surface area (Å²) in [5, 5.41) is 1.98. The van der Waals surface area contributed by atoms with Crippen LogP contribution in [0.15, 0.2) is 0 Å². The van der Waals surface area contributed by atoms with E-state index in [1.165, 1.54) is 0 Å². The lowest BCUT2D eigenvalue weighted by atomic mass is 9.78. The molecule has 0 spiro atoms. The van der Waals surface area contributed by atoms with Gasteiger partial charge in [0.25, 0.3) is 0 Å². The summed E-state index contributed by atoms with van der Waals surface area (Å²) < 4.78 is 37.2. The molecule has 5 nitrogen and oxygen atoms in total. The zero-order chi connectivity index (χ0) is 15.7. The van der Waals surface area contributed by atoms with Crippen LogP contribution < -0.4 is 5.32 Å². The minimum absolute atomic E-state index is 0.122. The van der Waals surface area contributed by atoms with Crippen molar-refractivity contribution < 1.29 is 27.6 Å². The van der Waals surface area contributed by atoms with Crippen LogP contribution in [0.5, 0.6) is 0 Å². The van der Waals surface area contributed by atoms with Crippen molar-refractivity contribution in [3.8, 4) is 0 Å². The quantitative estimate of drug-likeness (QED) is 0.808. The Hall–Kier alpha value is -1.60. The fraction of sp³-hybridized carbons (Fsp3) is 0.750. The van der Waals surface area contributed by atoms with Crippen LogP contribution in [-0.4, -0.2) is 35.0 Å². The van der Waals surface area contributed by atoms with Crippen molar-refractivity contribution in [1.82, 2.24) is 10.2 Å². The summed E-state index contributed by atoms with van der Waals surface area (Å²) in [5.41, 5.74) is -1.46. The fourth-order valence-electron chi connectivity index (χ4n) is 2.40. The number of rotatable bonds is 4. The van der Waals surface area contributed by atoms with Gasteiger partial charge in [0.15, 0.2) is 0 Å². The molecule has 0 aromatic carbocycles. The van der Waals surface area contributed by atoms with Crippen LogP contribution >= 0.6 is 0 Å². The molecule has 1 N–H and O–H groups in total. The summed E-state index contributed by atoms with van der Waals surface area (Å²) in [6, 6.07) is -2.44. The summed E-state index contributed by atoms with van der Waals surface area (Å²) in [4.78, 5) is 36.4. The predicted octanol–water partition coefficient (Wildman–Crippen LogP) is 2.21. The van der Waals surface area contributed by atoms with E-state index < -0.39 is 41.9 Å². The van der Waals surface area contributed by atoms with Crippen molar-refractivity contribution in [2.45, 2.75) is 52.3 Å². The molecule has 1 saturated heterocycles. The molecule has 0 aromatic rings. The first-order valence-corrected chi connectivity index (χ1v) is 6.35. The average molecular weight is 294 g/mol. The first-order chi connectivity index (χ1) is 9.09. The van der Waals surface area contributed by atoms with Gasteiger partial charge in [-0.1, -0.05) is 13.8 Å². The molecule has 1 heterocycles. The molecule has 114 valence electrons. The maximum Gasteiger partial charge on any atom is 0.391 e. The molecule has 1 aliphatic heterocycles. The molecule has 1 atom stereocenters. The lowest BCUT2D eigenvalue weighted by Gasteiger charge is -2.40. The smallest absolute Gasteiger partial charge is 0.277 e. The molecular formula is C12H17F3N2O3. The van der Waals surface area contributed by atoms with E-state index in [9.17, 15) is 27.6 Å². The third kappa shape index (κ3) is 2.78. The number of nitrogens with zero attached hydrogens (tertiary/aromatic N) is 1. The highest BCUT2D eigenvalue weighted by molar-refractivity contribution is 6.19. The first-order valence-electron chi connectivity index (χ1n) is 6.35. The number of nitrogens with one attached hydrogen (secondary N) is 1. The third-order valence-electron chi connectivity index (χ3n) is 3.68. The predicted molar refractivity (Wildman–Crippen MR) is 63.5 cm³/mol. The highest BCUT2D eigenvalue weighted by Gasteiger charge is 2.53. The Morgan fingerprint density at radius 2 is 1.70 bits per heavy atom. The molecule has 1 unspecified atom stereocenters.